The van der Waals surface area contributed by atoms with Gasteiger partial charge in [0.2, 0.25) is 0 Å². The lowest BCUT2D eigenvalue weighted by molar-refractivity contribution is 0.0900. The van der Waals surface area contributed by atoms with Crippen molar-refractivity contribution in [3.05, 3.63) is 17.7 Å². The second kappa shape index (κ2) is 8.13. The Labute approximate surface area is 127 Å². The van der Waals surface area contributed by atoms with Gasteiger partial charge in [0.15, 0.2) is 0 Å². The SMILES string of the molecule is CCCCOc1cc(OCCCC)c2c(c1)OC[C@H](O)C2. The van der Waals surface area contributed by atoms with Crippen molar-refractivity contribution in [2.75, 3.05) is 19.8 Å². The van der Waals surface area contributed by atoms with Crippen molar-refractivity contribution >= 4 is 0 Å². The van der Waals surface area contributed by atoms with E-state index in [2.05, 4.69) is 13.8 Å². The summed E-state index contributed by atoms with van der Waals surface area (Å²) in [5, 5.41) is 9.78. The maximum absolute atomic E-state index is 9.78. The maximum atomic E-state index is 9.78. The summed E-state index contributed by atoms with van der Waals surface area (Å²) in [6.07, 6.45) is 4.35. The van der Waals surface area contributed by atoms with Crippen LogP contribution in [0.15, 0.2) is 12.1 Å². The molecule has 0 fully saturated rings. The van der Waals surface area contributed by atoms with Crippen LogP contribution in [0, 0.1) is 0 Å². The highest BCUT2D eigenvalue weighted by atomic mass is 16.5. The van der Waals surface area contributed by atoms with Crippen molar-refractivity contribution in [2.24, 2.45) is 0 Å². The van der Waals surface area contributed by atoms with E-state index < -0.39 is 6.10 Å². The lowest BCUT2D eigenvalue weighted by Gasteiger charge is -2.25. The first-order valence-corrected chi connectivity index (χ1v) is 7.98. The van der Waals surface area contributed by atoms with E-state index in [9.17, 15) is 5.11 Å². The summed E-state index contributed by atoms with van der Waals surface area (Å²) >= 11 is 0. The Balaban J connectivity index is 2.15. The van der Waals surface area contributed by atoms with Gasteiger partial charge in [-0.15, -0.1) is 0 Å². The Morgan fingerprint density at radius 2 is 1.86 bits per heavy atom. The van der Waals surface area contributed by atoms with Gasteiger partial charge in [-0.1, -0.05) is 26.7 Å². The fourth-order valence-corrected chi connectivity index (χ4v) is 2.28. The van der Waals surface area contributed by atoms with Crippen LogP contribution in [-0.2, 0) is 6.42 Å². The predicted octanol–water partition coefficient (Wildman–Crippen LogP) is 3.34. The minimum absolute atomic E-state index is 0.333. The van der Waals surface area contributed by atoms with Crippen LogP contribution in [0.3, 0.4) is 0 Å². The zero-order chi connectivity index (χ0) is 15.1. The zero-order valence-corrected chi connectivity index (χ0v) is 13.1. The van der Waals surface area contributed by atoms with Crippen molar-refractivity contribution in [3.8, 4) is 17.2 Å². The molecule has 2 rings (SSSR count). The fraction of sp³-hybridized carbons (Fsp3) is 0.647. The quantitative estimate of drug-likeness (QED) is 0.747. The van der Waals surface area contributed by atoms with E-state index in [1.807, 2.05) is 12.1 Å². The maximum Gasteiger partial charge on any atom is 0.130 e. The fourth-order valence-electron chi connectivity index (χ4n) is 2.28. The number of aliphatic hydroxyl groups is 1. The highest BCUT2D eigenvalue weighted by Gasteiger charge is 2.23. The molecular weight excluding hydrogens is 268 g/mol. The summed E-state index contributed by atoms with van der Waals surface area (Å²) < 4.78 is 17.3. The van der Waals surface area contributed by atoms with Crippen LogP contribution in [0.1, 0.15) is 45.1 Å². The molecule has 1 atom stereocenters. The Bertz CT molecular complexity index is 445. The Morgan fingerprint density at radius 1 is 1.14 bits per heavy atom. The molecule has 1 aromatic carbocycles. The third-order valence-corrected chi connectivity index (χ3v) is 3.53. The summed E-state index contributed by atoms with van der Waals surface area (Å²) in [6, 6.07) is 3.83. The standard InChI is InChI=1S/C17H26O4/c1-3-5-7-19-14-10-16(20-8-6-4-2)15-9-13(18)12-21-17(15)11-14/h10-11,13,18H,3-9,12H2,1-2H3/t13-/m1/s1. The number of rotatable bonds is 8. The molecule has 0 spiro atoms. The number of ether oxygens (including phenoxy) is 3. The predicted molar refractivity (Wildman–Crippen MR) is 82.5 cm³/mol. The molecular formula is C17H26O4. The first kappa shape index (κ1) is 16.0. The minimum atomic E-state index is -0.460. The van der Waals surface area contributed by atoms with Gasteiger partial charge in [-0.3, -0.25) is 0 Å². The van der Waals surface area contributed by atoms with Gasteiger partial charge in [-0.2, -0.15) is 0 Å². The summed E-state index contributed by atoms with van der Waals surface area (Å²) in [4.78, 5) is 0. The van der Waals surface area contributed by atoms with Crippen LogP contribution in [0.5, 0.6) is 17.2 Å². The molecule has 1 aliphatic rings. The summed E-state index contributed by atoms with van der Waals surface area (Å²) in [6.45, 7) is 5.99. The number of aliphatic hydroxyl groups excluding tert-OH is 1. The summed E-state index contributed by atoms with van der Waals surface area (Å²) in [7, 11) is 0. The lowest BCUT2D eigenvalue weighted by Crippen LogP contribution is -2.26. The van der Waals surface area contributed by atoms with Gasteiger partial charge in [0, 0.05) is 24.1 Å². The molecule has 0 bridgehead atoms. The van der Waals surface area contributed by atoms with Crippen molar-refractivity contribution in [1.29, 1.82) is 0 Å². The van der Waals surface area contributed by atoms with Crippen LogP contribution in [-0.4, -0.2) is 31.0 Å². The van der Waals surface area contributed by atoms with Crippen molar-refractivity contribution in [1.82, 2.24) is 0 Å². The Hall–Kier alpha value is -1.42. The number of fused-ring (bicyclic) bond motifs is 1. The monoisotopic (exact) mass is 294 g/mol. The van der Waals surface area contributed by atoms with E-state index in [1.54, 1.807) is 0 Å². The normalized spacial score (nSPS) is 17.0. The first-order chi connectivity index (χ1) is 10.2. The third-order valence-electron chi connectivity index (χ3n) is 3.53. The Kier molecular flexibility index (Phi) is 6.18. The Morgan fingerprint density at radius 3 is 2.57 bits per heavy atom. The number of hydrogen-bond acceptors (Lipinski definition) is 4. The summed E-state index contributed by atoms with van der Waals surface area (Å²) in [5.74, 6) is 2.34. The van der Waals surface area contributed by atoms with Crippen molar-refractivity contribution in [3.63, 3.8) is 0 Å². The molecule has 0 unspecified atom stereocenters. The second-order valence-electron chi connectivity index (χ2n) is 5.47. The highest BCUT2D eigenvalue weighted by molar-refractivity contribution is 5.52. The van der Waals surface area contributed by atoms with Gasteiger partial charge in [0.05, 0.1) is 19.3 Å². The van der Waals surface area contributed by atoms with Crippen molar-refractivity contribution < 1.29 is 19.3 Å². The molecule has 4 heteroatoms. The highest BCUT2D eigenvalue weighted by Crippen LogP contribution is 2.37. The average molecular weight is 294 g/mol. The average Bonchev–Trinajstić information content (AvgIpc) is 2.48. The van der Waals surface area contributed by atoms with Gasteiger partial charge < -0.3 is 19.3 Å². The molecule has 1 aliphatic heterocycles. The van der Waals surface area contributed by atoms with Gasteiger partial charge in [-0.25, -0.2) is 0 Å². The van der Waals surface area contributed by atoms with Crippen LogP contribution in [0.25, 0.3) is 0 Å². The van der Waals surface area contributed by atoms with Gasteiger partial charge in [0.1, 0.15) is 23.9 Å². The zero-order valence-electron chi connectivity index (χ0n) is 13.1. The van der Waals surface area contributed by atoms with Gasteiger partial charge in [-0.05, 0) is 12.8 Å². The van der Waals surface area contributed by atoms with Crippen LogP contribution >= 0.6 is 0 Å². The van der Waals surface area contributed by atoms with Crippen LogP contribution < -0.4 is 14.2 Å². The van der Waals surface area contributed by atoms with E-state index in [-0.39, 0.29) is 0 Å². The lowest BCUT2D eigenvalue weighted by atomic mass is 10.0. The molecule has 21 heavy (non-hydrogen) atoms. The molecule has 1 N–H and O–H groups in total. The van der Waals surface area contributed by atoms with Gasteiger partial charge >= 0.3 is 0 Å². The number of hydrogen-bond donors (Lipinski definition) is 1. The number of benzene rings is 1. The molecule has 0 amide bonds. The molecule has 0 aliphatic carbocycles. The van der Waals surface area contributed by atoms with Gasteiger partial charge in [0.25, 0.3) is 0 Å². The van der Waals surface area contributed by atoms with E-state index >= 15 is 0 Å². The van der Waals surface area contributed by atoms with Crippen LogP contribution in [0.4, 0.5) is 0 Å². The first-order valence-electron chi connectivity index (χ1n) is 7.98. The van der Waals surface area contributed by atoms with E-state index in [1.165, 1.54) is 0 Å². The molecule has 0 radical (unpaired) electrons. The largest absolute Gasteiger partial charge is 0.493 e. The molecule has 4 nitrogen and oxygen atoms in total. The third kappa shape index (κ3) is 4.53. The molecule has 0 aromatic heterocycles. The van der Waals surface area contributed by atoms with E-state index in [0.717, 1.165) is 48.5 Å². The molecule has 1 aromatic rings. The van der Waals surface area contributed by atoms with E-state index in [0.29, 0.717) is 26.2 Å². The molecule has 118 valence electrons. The molecule has 0 saturated carbocycles. The topological polar surface area (TPSA) is 47.9 Å². The second-order valence-corrected chi connectivity index (χ2v) is 5.47. The summed E-state index contributed by atoms with van der Waals surface area (Å²) in [5.41, 5.74) is 0.952. The molecule has 0 saturated heterocycles. The van der Waals surface area contributed by atoms with Crippen LogP contribution in [0.2, 0.25) is 0 Å². The smallest absolute Gasteiger partial charge is 0.130 e. The molecule has 1 heterocycles. The van der Waals surface area contributed by atoms with Crippen molar-refractivity contribution in [2.45, 2.75) is 52.1 Å². The van der Waals surface area contributed by atoms with E-state index in [4.69, 9.17) is 14.2 Å². The number of unbranched alkanes of at least 4 members (excludes halogenated alkanes) is 2. The minimum Gasteiger partial charge on any atom is -0.493 e.